The zero-order valence-electron chi connectivity index (χ0n) is 9.15. The van der Waals surface area contributed by atoms with E-state index < -0.39 is 17.6 Å². The Morgan fingerprint density at radius 3 is 2.61 bits per heavy atom. The molecule has 0 bridgehead atoms. The molecule has 7 heteroatoms. The van der Waals surface area contributed by atoms with Crippen molar-refractivity contribution in [1.29, 1.82) is 0 Å². The summed E-state index contributed by atoms with van der Waals surface area (Å²) in [6.45, 7) is 0.218. The number of hydrogen-bond acceptors (Lipinski definition) is 1. The normalized spacial score (nSPS) is 11.6. The molecule has 0 aliphatic heterocycles. The monoisotopic (exact) mass is 259 g/mol. The molecule has 0 saturated carbocycles. The molecule has 96 valence electrons. The van der Waals surface area contributed by atoms with E-state index in [9.17, 15) is 17.6 Å². The van der Waals surface area contributed by atoms with Gasteiger partial charge in [0, 0.05) is 17.0 Å². The number of alkyl halides is 3. The van der Waals surface area contributed by atoms with Gasteiger partial charge in [-0.25, -0.2) is 4.39 Å². The molecule has 0 saturated heterocycles. The van der Waals surface area contributed by atoms with E-state index in [1.165, 1.54) is 12.2 Å². The lowest BCUT2D eigenvalue weighted by atomic mass is 10.1. The summed E-state index contributed by atoms with van der Waals surface area (Å²) in [6.07, 6.45) is -1.28. The predicted octanol–water partition coefficient (Wildman–Crippen LogP) is 4.56. The lowest BCUT2D eigenvalue weighted by Gasteiger charge is -2.07. The number of rotatable bonds is 4. The van der Waals surface area contributed by atoms with Crippen molar-refractivity contribution in [2.24, 2.45) is 5.11 Å². The Hall–Kier alpha value is -2.01. The second kappa shape index (κ2) is 6.07. The fourth-order valence-electron chi connectivity index (χ4n) is 1.23. The molecule has 1 rings (SSSR count). The van der Waals surface area contributed by atoms with Crippen molar-refractivity contribution in [3.63, 3.8) is 0 Å². The molecule has 0 aliphatic carbocycles. The third kappa shape index (κ3) is 4.10. The third-order valence-electron chi connectivity index (χ3n) is 2.08. The van der Waals surface area contributed by atoms with Gasteiger partial charge >= 0.3 is 6.18 Å². The first-order valence-corrected chi connectivity index (χ1v) is 4.99. The van der Waals surface area contributed by atoms with Crippen LogP contribution in [-0.2, 0) is 6.18 Å². The van der Waals surface area contributed by atoms with Gasteiger partial charge in [0.1, 0.15) is 5.82 Å². The Labute approximate surface area is 100 Å². The van der Waals surface area contributed by atoms with E-state index in [1.54, 1.807) is 0 Å². The van der Waals surface area contributed by atoms with Crippen molar-refractivity contribution in [3.05, 3.63) is 51.7 Å². The number of nitrogens with zero attached hydrogens (tertiary/aromatic N) is 3. The molecule has 0 aliphatic rings. The quantitative estimate of drug-likeness (QED) is 0.250. The number of halogens is 4. The molecule has 0 unspecified atom stereocenters. The summed E-state index contributed by atoms with van der Waals surface area (Å²) < 4.78 is 50.1. The van der Waals surface area contributed by atoms with E-state index in [4.69, 9.17) is 5.53 Å². The lowest BCUT2D eigenvalue weighted by Crippen LogP contribution is -2.05. The van der Waals surface area contributed by atoms with Gasteiger partial charge in [-0.15, -0.1) is 0 Å². The summed E-state index contributed by atoms with van der Waals surface area (Å²) in [5.74, 6) is -0.940. The van der Waals surface area contributed by atoms with Crippen molar-refractivity contribution in [2.45, 2.75) is 12.6 Å². The first-order chi connectivity index (χ1) is 8.45. The second-order valence-corrected chi connectivity index (χ2v) is 3.38. The first-order valence-electron chi connectivity index (χ1n) is 4.99. The average molecular weight is 259 g/mol. The average Bonchev–Trinajstić information content (AvgIpc) is 2.29. The van der Waals surface area contributed by atoms with Crippen molar-refractivity contribution >= 4 is 6.08 Å². The van der Waals surface area contributed by atoms with Crippen LogP contribution in [0.5, 0.6) is 0 Å². The van der Waals surface area contributed by atoms with Crippen LogP contribution in [0.3, 0.4) is 0 Å². The van der Waals surface area contributed by atoms with E-state index in [1.807, 2.05) is 0 Å². The number of hydrogen-bond donors (Lipinski definition) is 0. The van der Waals surface area contributed by atoms with Gasteiger partial charge in [0.2, 0.25) is 0 Å². The summed E-state index contributed by atoms with van der Waals surface area (Å²) in [6, 6.07) is 2.32. The molecule has 0 N–H and O–H groups in total. The molecule has 0 radical (unpaired) electrons. The van der Waals surface area contributed by atoms with Crippen LogP contribution in [-0.4, -0.2) is 6.54 Å². The van der Waals surface area contributed by atoms with E-state index in [0.29, 0.717) is 12.5 Å². The molecule has 0 fully saturated rings. The maximum absolute atomic E-state index is 13.3. The number of azide groups is 1. The van der Waals surface area contributed by atoms with Gasteiger partial charge in [-0.1, -0.05) is 23.3 Å². The molecule has 0 amide bonds. The molecular formula is C11H9F4N3. The van der Waals surface area contributed by atoms with Crippen molar-refractivity contribution in [1.82, 2.24) is 0 Å². The van der Waals surface area contributed by atoms with Crippen LogP contribution in [0.1, 0.15) is 17.5 Å². The van der Waals surface area contributed by atoms with Crippen molar-refractivity contribution in [3.8, 4) is 0 Å². The second-order valence-electron chi connectivity index (χ2n) is 3.38. The van der Waals surface area contributed by atoms with Gasteiger partial charge in [-0.2, -0.15) is 13.2 Å². The maximum atomic E-state index is 13.3. The summed E-state index contributed by atoms with van der Waals surface area (Å²) in [5, 5.41) is 3.26. The zero-order valence-corrected chi connectivity index (χ0v) is 9.15. The third-order valence-corrected chi connectivity index (χ3v) is 2.08. The Morgan fingerprint density at radius 1 is 1.33 bits per heavy atom. The Kier molecular flexibility index (Phi) is 4.74. The molecule has 1 aromatic carbocycles. The Balaban J connectivity index is 2.77. The van der Waals surface area contributed by atoms with Crippen LogP contribution in [0.25, 0.3) is 16.5 Å². The highest BCUT2D eigenvalue weighted by atomic mass is 19.4. The van der Waals surface area contributed by atoms with Gasteiger partial charge in [0.15, 0.2) is 0 Å². The van der Waals surface area contributed by atoms with Crippen molar-refractivity contribution in [2.75, 3.05) is 6.54 Å². The smallest absolute Gasteiger partial charge is 0.206 e. The highest BCUT2D eigenvalue weighted by Gasteiger charge is 2.30. The summed E-state index contributed by atoms with van der Waals surface area (Å²) in [4.78, 5) is 2.53. The molecule has 3 nitrogen and oxygen atoms in total. The molecule has 1 aromatic rings. The van der Waals surface area contributed by atoms with E-state index in [0.717, 1.165) is 12.1 Å². The SMILES string of the molecule is [N-]=[N+]=NCCC=Cc1ccc(C(F)(F)F)cc1F. The highest BCUT2D eigenvalue weighted by molar-refractivity contribution is 5.50. The fraction of sp³-hybridized carbons (Fsp3) is 0.273. The minimum atomic E-state index is -4.55. The van der Waals surface area contributed by atoms with Gasteiger partial charge in [0.05, 0.1) is 5.56 Å². The van der Waals surface area contributed by atoms with Crippen molar-refractivity contribution < 1.29 is 17.6 Å². The van der Waals surface area contributed by atoms with Crippen LogP contribution < -0.4 is 0 Å². The lowest BCUT2D eigenvalue weighted by molar-refractivity contribution is -0.137. The Bertz CT molecular complexity index is 488. The molecular weight excluding hydrogens is 250 g/mol. The van der Waals surface area contributed by atoms with Crippen LogP contribution in [0.2, 0.25) is 0 Å². The molecule has 0 heterocycles. The van der Waals surface area contributed by atoms with Crippen LogP contribution in [0.15, 0.2) is 29.4 Å². The standard InChI is InChI=1S/C11H9F4N3/c12-10-7-9(11(13,14)15)5-4-8(10)3-1-2-6-17-18-16/h1,3-5,7H,2,6H2. The predicted molar refractivity (Wildman–Crippen MR) is 59.1 cm³/mol. The van der Waals surface area contributed by atoms with Gasteiger partial charge in [0.25, 0.3) is 0 Å². The summed E-state index contributed by atoms with van der Waals surface area (Å²) in [7, 11) is 0. The minimum absolute atomic E-state index is 0.0592. The molecule has 0 atom stereocenters. The molecule has 0 aromatic heterocycles. The maximum Gasteiger partial charge on any atom is 0.416 e. The zero-order chi connectivity index (χ0) is 13.6. The summed E-state index contributed by atoms with van der Waals surface area (Å²) in [5.41, 5.74) is 7.04. The van der Waals surface area contributed by atoms with E-state index >= 15 is 0 Å². The minimum Gasteiger partial charge on any atom is -0.206 e. The Morgan fingerprint density at radius 2 is 2.06 bits per heavy atom. The van der Waals surface area contributed by atoms with E-state index in [-0.39, 0.29) is 12.1 Å². The van der Waals surface area contributed by atoms with E-state index in [2.05, 4.69) is 10.0 Å². The van der Waals surface area contributed by atoms with Crippen LogP contribution >= 0.6 is 0 Å². The topological polar surface area (TPSA) is 48.8 Å². The fourth-order valence-corrected chi connectivity index (χ4v) is 1.23. The highest BCUT2D eigenvalue weighted by Crippen LogP contribution is 2.30. The molecule has 18 heavy (non-hydrogen) atoms. The van der Waals surface area contributed by atoms with Crippen LogP contribution in [0.4, 0.5) is 17.6 Å². The van der Waals surface area contributed by atoms with Gasteiger partial charge in [-0.3, -0.25) is 0 Å². The van der Waals surface area contributed by atoms with Crippen LogP contribution in [0, 0.1) is 5.82 Å². The largest absolute Gasteiger partial charge is 0.416 e. The number of benzene rings is 1. The summed E-state index contributed by atoms with van der Waals surface area (Å²) >= 11 is 0. The molecule has 0 spiro atoms. The van der Waals surface area contributed by atoms with Gasteiger partial charge < -0.3 is 0 Å². The van der Waals surface area contributed by atoms with Gasteiger partial charge in [-0.05, 0) is 24.1 Å². The first kappa shape index (κ1) is 14.1.